The van der Waals surface area contributed by atoms with Gasteiger partial charge in [0.1, 0.15) is 6.04 Å². The molecule has 1 aromatic heterocycles. The van der Waals surface area contributed by atoms with Crippen LogP contribution >= 0.6 is 22.9 Å². The van der Waals surface area contributed by atoms with Crippen molar-refractivity contribution in [1.82, 2.24) is 5.32 Å². The van der Waals surface area contributed by atoms with Crippen LogP contribution in [0.25, 0.3) is 0 Å². The molecule has 1 atom stereocenters. The second-order valence-corrected chi connectivity index (χ2v) is 5.61. The molecule has 5 heteroatoms. The fourth-order valence-corrected chi connectivity index (χ4v) is 2.77. The van der Waals surface area contributed by atoms with Gasteiger partial charge in [0.25, 0.3) is 0 Å². The highest BCUT2D eigenvalue weighted by Gasteiger charge is 2.23. The highest BCUT2D eigenvalue weighted by Crippen LogP contribution is 2.24. The van der Waals surface area contributed by atoms with Crippen molar-refractivity contribution in [1.29, 1.82) is 0 Å². The van der Waals surface area contributed by atoms with Crippen LogP contribution in [0.2, 0.25) is 5.02 Å². The van der Waals surface area contributed by atoms with E-state index in [9.17, 15) is 4.79 Å². The Hall–Kier alpha value is -1.36. The van der Waals surface area contributed by atoms with Crippen molar-refractivity contribution in [2.24, 2.45) is 0 Å². The number of halogens is 1. The fourth-order valence-electron chi connectivity index (χ4n) is 1.87. The van der Waals surface area contributed by atoms with Crippen LogP contribution in [0.3, 0.4) is 0 Å². The normalized spacial score (nSPS) is 12.1. The van der Waals surface area contributed by atoms with Crippen molar-refractivity contribution < 1.29 is 9.53 Å². The van der Waals surface area contributed by atoms with Gasteiger partial charge in [-0.25, -0.2) is 4.79 Å². The number of ether oxygens (including phenoxy) is 1. The van der Waals surface area contributed by atoms with E-state index < -0.39 is 6.04 Å². The van der Waals surface area contributed by atoms with E-state index in [1.165, 1.54) is 0 Å². The third kappa shape index (κ3) is 3.82. The van der Waals surface area contributed by atoms with Crippen LogP contribution in [0, 0.1) is 0 Å². The number of benzene rings is 1. The molecule has 1 heterocycles. The summed E-state index contributed by atoms with van der Waals surface area (Å²) in [5.41, 5.74) is 0.740. The number of hydrogen-bond acceptors (Lipinski definition) is 4. The van der Waals surface area contributed by atoms with E-state index in [1.807, 2.05) is 35.7 Å². The number of esters is 1. The van der Waals surface area contributed by atoms with Crippen LogP contribution in [0.15, 0.2) is 41.8 Å². The zero-order valence-corrected chi connectivity index (χ0v) is 12.7. The van der Waals surface area contributed by atoms with Gasteiger partial charge in [0.2, 0.25) is 0 Å². The van der Waals surface area contributed by atoms with Gasteiger partial charge < -0.3 is 4.74 Å². The average molecular weight is 310 g/mol. The molecule has 106 valence electrons. The topological polar surface area (TPSA) is 38.3 Å². The third-order valence-corrected chi connectivity index (χ3v) is 4.02. The first-order valence-electron chi connectivity index (χ1n) is 6.39. The molecule has 0 aliphatic rings. The van der Waals surface area contributed by atoms with Crippen molar-refractivity contribution in [3.05, 3.63) is 57.2 Å². The van der Waals surface area contributed by atoms with Crippen molar-refractivity contribution in [3.63, 3.8) is 0 Å². The first kappa shape index (κ1) is 15.0. The maximum Gasteiger partial charge on any atom is 0.327 e. The van der Waals surface area contributed by atoms with E-state index in [1.54, 1.807) is 24.3 Å². The second-order valence-electron chi connectivity index (χ2n) is 4.17. The Labute approximate surface area is 127 Å². The molecule has 0 amide bonds. The summed E-state index contributed by atoms with van der Waals surface area (Å²) in [5.74, 6) is -0.308. The van der Waals surface area contributed by atoms with Gasteiger partial charge in [-0.15, -0.1) is 11.3 Å². The van der Waals surface area contributed by atoms with E-state index >= 15 is 0 Å². The molecule has 3 nitrogen and oxygen atoms in total. The predicted octanol–water partition coefficient (Wildman–Crippen LogP) is 3.80. The van der Waals surface area contributed by atoms with Crippen LogP contribution in [0.1, 0.15) is 23.4 Å². The lowest BCUT2D eigenvalue weighted by molar-refractivity contribution is -0.145. The predicted molar refractivity (Wildman–Crippen MR) is 82.0 cm³/mol. The molecule has 0 saturated heterocycles. The van der Waals surface area contributed by atoms with E-state index in [0.29, 0.717) is 18.2 Å². The van der Waals surface area contributed by atoms with Gasteiger partial charge in [0.15, 0.2) is 0 Å². The van der Waals surface area contributed by atoms with Crippen LogP contribution in [0.5, 0.6) is 0 Å². The van der Waals surface area contributed by atoms with Crippen LogP contribution < -0.4 is 5.32 Å². The molecular formula is C15H16ClNO2S. The minimum absolute atomic E-state index is 0.308. The molecule has 1 N–H and O–H groups in total. The van der Waals surface area contributed by atoms with Crippen molar-refractivity contribution >= 4 is 28.9 Å². The van der Waals surface area contributed by atoms with E-state index in [2.05, 4.69) is 5.32 Å². The first-order valence-corrected chi connectivity index (χ1v) is 7.65. The molecule has 0 fully saturated rings. The number of carbonyl (C=O) groups excluding carboxylic acids is 1. The first-order chi connectivity index (χ1) is 9.72. The highest BCUT2D eigenvalue weighted by atomic mass is 35.5. The minimum atomic E-state index is -0.550. The Morgan fingerprint density at radius 1 is 1.35 bits per heavy atom. The quantitative estimate of drug-likeness (QED) is 0.825. The lowest BCUT2D eigenvalue weighted by Crippen LogP contribution is -2.30. The number of rotatable bonds is 6. The molecule has 2 aromatic rings. The highest BCUT2D eigenvalue weighted by molar-refractivity contribution is 7.09. The molecular weight excluding hydrogens is 294 g/mol. The lowest BCUT2D eigenvalue weighted by atomic mass is 10.1. The van der Waals surface area contributed by atoms with E-state index in [-0.39, 0.29) is 5.97 Å². The summed E-state index contributed by atoms with van der Waals surface area (Å²) in [5, 5.41) is 5.78. The van der Waals surface area contributed by atoms with Crippen LogP contribution in [-0.2, 0) is 16.1 Å². The summed E-state index contributed by atoms with van der Waals surface area (Å²) >= 11 is 7.82. The monoisotopic (exact) mass is 309 g/mol. The Kier molecular flexibility index (Phi) is 5.59. The zero-order valence-electron chi connectivity index (χ0n) is 11.1. The summed E-state index contributed by atoms with van der Waals surface area (Å²) in [6.45, 7) is 2.74. The summed E-state index contributed by atoms with van der Waals surface area (Å²) < 4.78 is 5.13. The molecule has 1 aromatic carbocycles. The van der Waals surface area contributed by atoms with Gasteiger partial charge in [-0.1, -0.05) is 35.9 Å². The average Bonchev–Trinajstić information content (AvgIpc) is 2.94. The largest absolute Gasteiger partial charge is 0.465 e. The van der Waals surface area contributed by atoms with Gasteiger partial charge in [-0.3, -0.25) is 5.32 Å². The maximum atomic E-state index is 12.1. The molecule has 2 rings (SSSR count). The number of hydrogen-bond donors (Lipinski definition) is 1. The number of thiophene rings is 1. The molecule has 0 bridgehead atoms. The molecule has 0 radical (unpaired) electrons. The Morgan fingerprint density at radius 3 is 2.80 bits per heavy atom. The summed E-state index contributed by atoms with van der Waals surface area (Å²) in [7, 11) is 0. The second kappa shape index (κ2) is 7.43. The Morgan fingerprint density at radius 2 is 2.15 bits per heavy atom. The molecule has 0 aliphatic heterocycles. The van der Waals surface area contributed by atoms with E-state index in [0.717, 1.165) is 10.4 Å². The fraction of sp³-hybridized carbons (Fsp3) is 0.267. The lowest BCUT2D eigenvalue weighted by Gasteiger charge is -2.18. The van der Waals surface area contributed by atoms with Crippen LogP contribution in [0.4, 0.5) is 0 Å². The van der Waals surface area contributed by atoms with Crippen molar-refractivity contribution in [3.8, 4) is 0 Å². The standard InChI is InChI=1S/C15H16ClNO2S/c1-2-19-15(18)14(12-7-3-4-8-13(12)16)17-10-11-6-5-9-20-11/h3-9,14,17H,2,10H2,1H3. The van der Waals surface area contributed by atoms with Crippen molar-refractivity contribution in [2.75, 3.05) is 6.61 Å². The maximum absolute atomic E-state index is 12.1. The zero-order chi connectivity index (χ0) is 14.4. The Bertz CT molecular complexity index is 557. The van der Waals surface area contributed by atoms with Gasteiger partial charge >= 0.3 is 5.97 Å². The summed E-state index contributed by atoms with van der Waals surface area (Å²) in [6, 6.07) is 10.8. The number of nitrogens with one attached hydrogen (secondary N) is 1. The number of carbonyl (C=O) groups is 1. The molecule has 0 aliphatic carbocycles. The van der Waals surface area contributed by atoms with Gasteiger partial charge in [-0.05, 0) is 30.0 Å². The van der Waals surface area contributed by atoms with E-state index in [4.69, 9.17) is 16.3 Å². The van der Waals surface area contributed by atoms with Crippen molar-refractivity contribution in [2.45, 2.75) is 19.5 Å². The van der Waals surface area contributed by atoms with Gasteiger partial charge in [0, 0.05) is 16.4 Å². The SMILES string of the molecule is CCOC(=O)C(NCc1cccs1)c1ccccc1Cl. The molecule has 0 saturated carbocycles. The van der Waals surface area contributed by atoms with Crippen LogP contribution in [-0.4, -0.2) is 12.6 Å². The third-order valence-electron chi connectivity index (χ3n) is 2.80. The summed E-state index contributed by atoms with van der Waals surface area (Å²) in [6.07, 6.45) is 0. The van der Waals surface area contributed by atoms with Gasteiger partial charge in [0.05, 0.1) is 6.61 Å². The molecule has 0 spiro atoms. The smallest absolute Gasteiger partial charge is 0.327 e. The molecule has 20 heavy (non-hydrogen) atoms. The minimum Gasteiger partial charge on any atom is -0.465 e. The van der Waals surface area contributed by atoms with Gasteiger partial charge in [-0.2, -0.15) is 0 Å². The molecule has 1 unspecified atom stereocenters. The Balaban J connectivity index is 2.16. The summed E-state index contributed by atoms with van der Waals surface area (Å²) in [4.78, 5) is 13.3.